The number of anilines is 1. The number of aliphatic hydroxyl groups excluding tert-OH is 1. The van der Waals surface area contributed by atoms with Crippen LogP contribution in [0.15, 0.2) is 5.16 Å². The molecular weight excluding hydrogens is 422 g/mol. The first kappa shape index (κ1) is 23.2. The van der Waals surface area contributed by atoms with E-state index in [9.17, 15) is 13.5 Å². The summed E-state index contributed by atoms with van der Waals surface area (Å²) in [6.45, 7) is 11.8. The number of rotatable bonds is 4. The average Bonchev–Trinajstić information content (AvgIpc) is 3.05. The van der Waals surface area contributed by atoms with Crippen LogP contribution in [0.2, 0.25) is 19.6 Å². The molecular formula is C20H31N3O5SSi. The summed E-state index contributed by atoms with van der Waals surface area (Å²) < 4.78 is 36.3. The number of aliphatic hydroxyl groups is 1. The number of nitrogens with one attached hydrogen (secondary N) is 1. The minimum atomic E-state index is -3.59. The van der Waals surface area contributed by atoms with Crippen molar-refractivity contribution in [3.05, 3.63) is 11.3 Å². The smallest absolute Gasteiger partial charge is 0.249 e. The predicted molar refractivity (Wildman–Crippen MR) is 117 cm³/mol. The van der Waals surface area contributed by atoms with Crippen molar-refractivity contribution in [1.29, 1.82) is 0 Å². The molecule has 3 rings (SSSR count). The maximum Gasteiger partial charge on any atom is 0.249 e. The summed E-state index contributed by atoms with van der Waals surface area (Å²) in [7, 11) is -5.27. The highest BCUT2D eigenvalue weighted by molar-refractivity contribution is 7.90. The molecule has 1 saturated heterocycles. The standard InChI is InChI=1S/C20H31N3O5SSi/c1-12-14(8-9-30(5,6)7)18(23-19(21-12)29(4,25)26)22-15-10-13(11-24)16-17(15)28-20(2,3)27-16/h13,15-17,24H,10-11H2,1-7H3,(H,21,22,23)/t13-,15-,16-,17+/m1/s1. The Balaban J connectivity index is 2.03. The normalized spacial score (nSPS) is 28.0. The predicted octanol–water partition coefficient (Wildman–Crippen LogP) is 1.73. The van der Waals surface area contributed by atoms with Crippen LogP contribution < -0.4 is 5.32 Å². The molecule has 8 nitrogen and oxygen atoms in total. The highest BCUT2D eigenvalue weighted by Gasteiger charge is 2.54. The zero-order valence-corrected chi connectivity index (χ0v) is 20.4. The van der Waals surface area contributed by atoms with Gasteiger partial charge in [-0.05, 0) is 27.2 Å². The van der Waals surface area contributed by atoms with Gasteiger partial charge in [-0.25, -0.2) is 13.4 Å². The molecule has 1 aromatic heterocycles. The molecule has 166 valence electrons. The van der Waals surface area contributed by atoms with Gasteiger partial charge >= 0.3 is 0 Å². The maximum atomic E-state index is 12.1. The molecule has 2 fully saturated rings. The van der Waals surface area contributed by atoms with E-state index >= 15 is 0 Å². The highest BCUT2D eigenvalue weighted by atomic mass is 32.2. The second-order valence-corrected chi connectivity index (χ2v) is 16.2. The molecule has 0 unspecified atom stereocenters. The van der Waals surface area contributed by atoms with Gasteiger partial charge in [-0.15, -0.1) is 5.54 Å². The van der Waals surface area contributed by atoms with Crippen molar-refractivity contribution in [2.45, 2.75) is 76.0 Å². The van der Waals surface area contributed by atoms with E-state index in [4.69, 9.17) is 9.47 Å². The van der Waals surface area contributed by atoms with Gasteiger partial charge in [0.2, 0.25) is 15.0 Å². The number of aryl methyl sites for hydroxylation is 1. The second kappa shape index (κ2) is 7.87. The first-order chi connectivity index (χ1) is 13.7. The van der Waals surface area contributed by atoms with E-state index in [1.54, 1.807) is 6.92 Å². The van der Waals surface area contributed by atoms with Gasteiger partial charge in [0.25, 0.3) is 0 Å². The molecule has 0 bridgehead atoms. The van der Waals surface area contributed by atoms with Gasteiger partial charge in [0, 0.05) is 18.8 Å². The first-order valence-corrected chi connectivity index (χ1v) is 15.4. The lowest BCUT2D eigenvalue weighted by atomic mass is 10.1. The number of sulfone groups is 1. The Morgan fingerprint density at radius 1 is 1.23 bits per heavy atom. The van der Waals surface area contributed by atoms with Crippen molar-refractivity contribution in [2.75, 3.05) is 18.2 Å². The van der Waals surface area contributed by atoms with Gasteiger partial charge in [0.05, 0.1) is 23.4 Å². The lowest BCUT2D eigenvalue weighted by Crippen LogP contribution is -2.35. The average molecular weight is 454 g/mol. The lowest BCUT2D eigenvalue weighted by molar-refractivity contribution is -0.158. The number of fused-ring (bicyclic) bond motifs is 1. The van der Waals surface area contributed by atoms with Gasteiger partial charge in [0.1, 0.15) is 20.0 Å². The summed E-state index contributed by atoms with van der Waals surface area (Å²) in [4.78, 5) is 8.49. The highest BCUT2D eigenvalue weighted by Crippen LogP contribution is 2.42. The number of nitrogens with zero attached hydrogens (tertiary/aromatic N) is 2. The summed E-state index contributed by atoms with van der Waals surface area (Å²) in [5.74, 6) is 2.73. The molecule has 0 amide bonds. The molecule has 2 N–H and O–H groups in total. The number of ether oxygens (including phenoxy) is 2. The number of hydrogen-bond donors (Lipinski definition) is 2. The molecule has 4 atom stereocenters. The van der Waals surface area contributed by atoms with Crippen molar-refractivity contribution >= 4 is 23.7 Å². The molecule has 2 aliphatic rings. The van der Waals surface area contributed by atoms with Crippen LogP contribution in [0.5, 0.6) is 0 Å². The molecule has 0 aromatic carbocycles. The monoisotopic (exact) mass is 453 g/mol. The van der Waals surface area contributed by atoms with Gasteiger partial charge in [-0.1, -0.05) is 25.6 Å². The Morgan fingerprint density at radius 3 is 2.43 bits per heavy atom. The fraction of sp³-hybridized carbons (Fsp3) is 0.700. The SMILES string of the molecule is Cc1nc(S(C)(=O)=O)nc(N[C@@H]2C[C@H](CO)[C@H]3OC(C)(C)O[C@H]32)c1C#C[Si](C)(C)C. The summed E-state index contributed by atoms with van der Waals surface area (Å²) in [6.07, 6.45) is 1.17. The summed E-state index contributed by atoms with van der Waals surface area (Å²) in [5.41, 5.74) is 4.41. The summed E-state index contributed by atoms with van der Waals surface area (Å²) in [5, 5.41) is 12.9. The topological polar surface area (TPSA) is 111 Å². The molecule has 1 saturated carbocycles. The summed E-state index contributed by atoms with van der Waals surface area (Å²) >= 11 is 0. The maximum absolute atomic E-state index is 12.1. The quantitative estimate of drug-likeness (QED) is 0.403. The fourth-order valence-electron chi connectivity index (χ4n) is 3.80. The molecule has 1 aliphatic carbocycles. The van der Waals surface area contributed by atoms with E-state index in [0.717, 1.165) is 6.26 Å². The van der Waals surface area contributed by atoms with Crippen LogP contribution in [0, 0.1) is 24.3 Å². The van der Waals surface area contributed by atoms with Crippen molar-refractivity contribution in [3.8, 4) is 11.5 Å². The van der Waals surface area contributed by atoms with E-state index in [0.29, 0.717) is 23.5 Å². The molecule has 2 heterocycles. The van der Waals surface area contributed by atoms with Gasteiger partial charge in [0.15, 0.2) is 5.79 Å². The lowest BCUT2D eigenvalue weighted by Gasteiger charge is -2.24. The Labute approximate surface area is 179 Å². The Kier molecular flexibility index (Phi) is 6.08. The van der Waals surface area contributed by atoms with Crippen LogP contribution in [0.1, 0.15) is 31.5 Å². The van der Waals surface area contributed by atoms with Crippen LogP contribution >= 0.6 is 0 Å². The molecule has 10 heteroatoms. The van der Waals surface area contributed by atoms with Crippen LogP contribution in [-0.2, 0) is 19.3 Å². The molecule has 30 heavy (non-hydrogen) atoms. The Bertz CT molecular complexity index is 994. The third-order valence-corrected chi connectivity index (χ3v) is 6.82. The van der Waals surface area contributed by atoms with Crippen molar-refractivity contribution in [1.82, 2.24) is 9.97 Å². The fourth-order valence-corrected chi connectivity index (χ4v) is 4.86. The molecule has 0 spiro atoms. The molecule has 1 aromatic rings. The zero-order chi connectivity index (χ0) is 22.5. The second-order valence-electron chi connectivity index (χ2n) is 9.58. The van der Waals surface area contributed by atoms with Crippen LogP contribution in [0.25, 0.3) is 0 Å². The number of aromatic nitrogens is 2. The largest absolute Gasteiger partial charge is 0.396 e. The van der Waals surface area contributed by atoms with Crippen LogP contribution in [0.4, 0.5) is 5.82 Å². The van der Waals surface area contributed by atoms with Crippen molar-refractivity contribution < 1.29 is 23.0 Å². The van der Waals surface area contributed by atoms with Crippen LogP contribution in [0.3, 0.4) is 0 Å². The first-order valence-electron chi connectivity index (χ1n) is 10.0. The minimum Gasteiger partial charge on any atom is -0.396 e. The zero-order valence-electron chi connectivity index (χ0n) is 18.6. The number of hydrogen-bond acceptors (Lipinski definition) is 8. The molecule has 0 radical (unpaired) electrons. The third kappa shape index (κ3) is 5.03. The minimum absolute atomic E-state index is 0.0154. The van der Waals surface area contributed by atoms with E-state index in [2.05, 4.69) is 46.4 Å². The van der Waals surface area contributed by atoms with Gasteiger partial charge in [-0.2, -0.15) is 4.98 Å². The van der Waals surface area contributed by atoms with Crippen LogP contribution in [-0.4, -0.2) is 68.5 Å². The third-order valence-electron chi connectivity index (χ3n) is 5.10. The van der Waals surface area contributed by atoms with E-state index in [-0.39, 0.29) is 35.9 Å². The van der Waals surface area contributed by atoms with E-state index in [1.807, 2.05) is 13.8 Å². The Hall–Kier alpha value is -1.51. The van der Waals surface area contributed by atoms with Crippen molar-refractivity contribution in [3.63, 3.8) is 0 Å². The van der Waals surface area contributed by atoms with Gasteiger partial charge < -0.3 is 19.9 Å². The molecule has 1 aliphatic heterocycles. The van der Waals surface area contributed by atoms with E-state index < -0.39 is 23.7 Å². The Morgan fingerprint density at radius 2 is 1.87 bits per heavy atom. The summed E-state index contributed by atoms with van der Waals surface area (Å²) in [6, 6.07) is -0.205. The van der Waals surface area contributed by atoms with E-state index in [1.165, 1.54) is 0 Å². The van der Waals surface area contributed by atoms with Crippen molar-refractivity contribution in [2.24, 2.45) is 5.92 Å². The van der Waals surface area contributed by atoms with Gasteiger partial charge in [-0.3, -0.25) is 0 Å².